The van der Waals surface area contributed by atoms with E-state index >= 15 is 0 Å². The minimum Gasteiger partial charge on any atom is -1.00 e. The van der Waals surface area contributed by atoms with Crippen molar-refractivity contribution >= 4 is 101 Å². The number of sulfone groups is 3. The summed E-state index contributed by atoms with van der Waals surface area (Å²) < 4.78 is 178. The number of pyridine rings is 5. The van der Waals surface area contributed by atoms with Gasteiger partial charge >= 0.3 is 138 Å². The molecule has 5 aromatic rings. The van der Waals surface area contributed by atoms with E-state index < -0.39 is 106 Å². The molecule has 0 spiro atoms. The van der Waals surface area contributed by atoms with Crippen LogP contribution in [0.25, 0.3) is 0 Å². The second-order valence-corrected chi connectivity index (χ2v) is 29.5. The molecular formula is C58H76BBrClCs2F8N10O15S3. The Bertz CT molecular complexity index is 3900. The largest absolute Gasteiger partial charge is 1.00 e. The minimum absolute atomic E-state index is 0. The number of aryl methyl sites for hydroxylation is 2. The van der Waals surface area contributed by atoms with E-state index in [1.807, 2.05) is 0 Å². The third-order valence-corrected chi connectivity index (χ3v) is 17.0. The predicted octanol–water partition coefficient (Wildman–Crippen LogP) is -1.18. The van der Waals surface area contributed by atoms with E-state index in [2.05, 4.69) is 58.3 Å². The molecule has 0 aromatic carbocycles. The molecule has 4 N–H and O–H groups in total. The van der Waals surface area contributed by atoms with Crippen molar-refractivity contribution in [2.75, 3.05) is 80.2 Å². The number of hydrogen-bond acceptors (Lipinski definition) is 20. The molecule has 0 aliphatic carbocycles. The number of aromatic nitrogens is 5. The first kappa shape index (κ1) is 98.1. The number of piperidine rings is 3. The van der Waals surface area contributed by atoms with E-state index in [1.54, 1.807) is 23.6 Å². The van der Waals surface area contributed by atoms with E-state index in [0.29, 0.717) is 23.1 Å². The first-order valence-corrected chi connectivity index (χ1v) is 35.2. The van der Waals surface area contributed by atoms with Gasteiger partial charge in [-0.3, -0.25) is 33.7 Å². The van der Waals surface area contributed by atoms with Gasteiger partial charge in [0.2, 0.25) is 17.4 Å². The van der Waals surface area contributed by atoms with Crippen molar-refractivity contribution in [1.29, 1.82) is 0 Å². The number of amides is 2. The zero-order chi connectivity index (χ0) is 71.7. The van der Waals surface area contributed by atoms with Crippen LogP contribution < -0.4 is 176 Å². The van der Waals surface area contributed by atoms with Crippen LogP contribution in [0.3, 0.4) is 0 Å². The fraction of sp³-hybridized carbons (Fsp3) is 0.466. The van der Waals surface area contributed by atoms with E-state index in [-0.39, 0.29) is 270 Å². The first-order valence-electron chi connectivity index (χ1n) is 28.2. The second-order valence-electron chi connectivity index (χ2n) is 21.6. The van der Waals surface area contributed by atoms with Gasteiger partial charge in [0, 0.05) is 119 Å². The van der Waals surface area contributed by atoms with Crippen LogP contribution in [0.5, 0.6) is 0 Å². The van der Waals surface area contributed by atoms with Gasteiger partial charge in [0.1, 0.15) is 42.9 Å². The maximum Gasteiger partial charge on any atom is 1.00 e. The third kappa shape index (κ3) is 36.5. The van der Waals surface area contributed by atoms with Crippen molar-refractivity contribution in [1.82, 2.24) is 39.1 Å². The molecule has 541 valence electrons. The molecule has 5 atom stereocenters. The molecule has 5 aromatic heterocycles. The molecule has 1 radical (unpaired) electrons. The fourth-order valence-electron chi connectivity index (χ4n) is 8.86. The van der Waals surface area contributed by atoms with Crippen molar-refractivity contribution in [3.63, 3.8) is 0 Å². The summed E-state index contributed by atoms with van der Waals surface area (Å²) in [6, 6.07) is 12.0. The summed E-state index contributed by atoms with van der Waals surface area (Å²) in [5.41, 5.74) is -0.295. The van der Waals surface area contributed by atoms with Crippen molar-refractivity contribution in [2.45, 2.75) is 100 Å². The Morgan fingerprint density at radius 2 is 1.16 bits per heavy atom. The number of halogens is 10. The maximum atomic E-state index is 14.8. The number of nitrogens with one attached hydrogen (secondary N) is 4. The Morgan fingerprint density at radius 3 is 1.56 bits per heavy atom. The number of H-pyrrole nitrogens is 1. The number of carbonyl (C=O) groups is 4. The van der Waals surface area contributed by atoms with Gasteiger partial charge in [-0.25, -0.2) is 70.3 Å². The number of anilines is 2. The SMILES string of the molecule is C.C=CS(C)(=O)=O.CS(=O)(=O)CCn1cc(C2CNCCC2(F)F)ccc1=O.C[C@@H](Br)C(=O)Nc1ccc(F)cn1.C[C@@H](C(=O)Nc1ccc(F)cn1)N1CCC(F)(F)C(c2ccc(=O)n(CCS(C)(=O)=O)c2)C1.Cl.O=CO[O-].O=C[B]N1CCC(F)(F)C(c2ccc(=O)[nH]c2)C1.[Cs+].[Cs+].[H-]. The van der Waals surface area contributed by atoms with Gasteiger partial charge in [-0.1, -0.05) is 48.1 Å². The third-order valence-electron chi connectivity index (χ3n) is 14.1. The topological polar surface area (TPSA) is 348 Å². The number of nitrogens with zero attached hydrogens (tertiary/aromatic N) is 6. The van der Waals surface area contributed by atoms with Gasteiger partial charge in [0.25, 0.3) is 42.8 Å². The molecule has 3 aliphatic rings. The van der Waals surface area contributed by atoms with Crippen LogP contribution >= 0.6 is 28.3 Å². The molecule has 3 unspecified atom stereocenters. The quantitative estimate of drug-likeness (QED) is 0.0200. The van der Waals surface area contributed by atoms with E-state index in [9.17, 15) is 89.1 Å². The number of rotatable bonds is 18. The van der Waals surface area contributed by atoms with Gasteiger partial charge in [0.15, 0.2) is 9.84 Å². The van der Waals surface area contributed by atoms with Crippen LogP contribution in [0.1, 0.15) is 76.4 Å². The molecule has 0 saturated carbocycles. The summed E-state index contributed by atoms with van der Waals surface area (Å²) in [7, 11) is -8.19. The molecule has 3 saturated heterocycles. The molecule has 2 amide bonds. The molecule has 8 heterocycles. The van der Waals surface area contributed by atoms with E-state index in [0.717, 1.165) is 53.3 Å². The van der Waals surface area contributed by atoms with Gasteiger partial charge in [-0.15, -0.1) is 12.4 Å². The summed E-state index contributed by atoms with van der Waals surface area (Å²) in [5, 5.41) is 17.3. The number of aromatic amines is 1. The standard InChI is InChI=1S/C21H25F3N4O4S.C13H18F2N2O3S.C11H12BF2N2O2.C8H8BrFN2O.C3H6O2S.CH2O3.CH4.ClH.2Cs.H/c1-14(20(30)26-18-5-4-16(22)11-25-18)27-8-7-21(23,24)17(13-27)15-3-6-19(29)28(12-15)9-10-33(2,31)32;1-21(19,20)7-6-17-9-10(2-3-12(17)18)11-8-16-5-4-13(11,14)15;13-11(14)3-4-16(12-7-17)6-9(11)8-1-2-10(18)15-5-8;1-5(9)8(13)12-7-3-2-6(10)4-11-7;1-3-6(2,4)5;2-1-4-3;;;;;/h3-6,11-12,14,17H,7-10,13H2,1-2H3,(H,25,26,30);2-3,9,11,16H,4-8H2,1H3;1-2,5,7,9H,3-4,6H2,(H,15,18);2-5H,1H3,(H,11,12,13);3H,1H2,2H3;1,3H;1H4;1H;;;/q;;;;;;;;2*+1;-1/p-1/t14-,17?;;;5-;;;;;;;/m0..1......./s1. The number of likely N-dealkylation sites (tertiary alicyclic amines) is 1. The summed E-state index contributed by atoms with van der Waals surface area (Å²) in [4.78, 5) is 92.8. The van der Waals surface area contributed by atoms with Gasteiger partial charge < -0.3 is 51.2 Å². The minimum atomic E-state index is -3.34. The first-order chi connectivity index (χ1) is 44.1. The van der Waals surface area contributed by atoms with Crippen LogP contribution in [-0.4, -0.2) is 189 Å². The summed E-state index contributed by atoms with van der Waals surface area (Å²) in [6.07, 6.45) is 8.67. The van der Waals surface area contributed by atoms with Crippen molar-refractivity contribution in [3.05, 3.63) is 163 Å². The normalized spacial score (nSPS) is 18.0. The van der Waals surface area contributed by atoms with Crippen molar-refractivity contribution in [3.8, 4) is 0 Å². The molecule has 25 nitrogen and oxygen atoms in total. The smallest absolute Gasteiger partial charge is 1.00 e. The fourth-order valence-corrected chi connectivity index (χ4v) is 10.0. The van der Waals surface area contributed by atoms with Crippen molar-refractivity contribution in [2.24, 2.45) is 0 Å². The zero-order valence-electron chi connectivity index (χ0n) is 55.1. The monoisotopic (exact) mass is 1790 g/mol. The van der Waals surface area contributed by atoms with Crippen molar-refractivity contribution < 1.29 is 229 Å². The molecular weight excluding hydrogens is 1720 g/mol. The molecule has 3 fully saturated rings. The Labute approximate surface area is 702 Å². The predicted molar refractivity (Wildman–Crippen MR) is 354 cm³/mol. The second kappa shape index (κ2) is 46.1. The number of hydrogen-bond donors (Lipinski definition) is 4. The van der Waals surface area contributed by atoms with Crippen LogP contribution in [0.15, 0.2) is 118 Å². The average Bonchev–Trinajstić information content (AvgIpc) is 0.481. The average molecular weight is 1790 g/mol. The maximum absolute atomic E-state index is 14.8. The van der Waals surface area contributed by atoms with E-state index in [4.69, 9.17) is 10.1 Å². The van der Waals surface area contributed by atoms with Crippen LogP contribution in [0.4, 0.5) is 46.8 Å². The molecule has 3 aliphatic heterocycles. The Kier molecular flexibility index (Phi) is 45.7. The van der Waals surface area contributed by atoms with Gasteiger partial charge in [0.05, 0.1) is 58.7 Å². The number of carbonyl (C=O) groups excluding carboxylic acids is 4. The Balaban J connectivity index is -0.00000123. The summed E-state index contributed by atoms with van der Waals surface area (Å²) in [6.45, 7) is 6.41. The molecule has 99 heavy (non-hydrogen) atoms. The van der Waals surface area contributed by atoms with Crippen LogP contribution in [-0.2, 0) is 66.7 Å². The van der Waals surface area contributed by atoms with Gasteiger partial charge in [-0.2, -0.15) is 0 Å². The zero-order valence-corrected chi connectivity index (χ0v) is 71.5. The van der Waals surface area contributed by atoms with E-state index in [1.165, 1.54) is 79.1 Å². The Morgan fingerprint density at radius 1 is 0.727 bits per heavy atom. The summed E-state index contributed by atoms with van der Waals surface area (Å²) in [5.74, 6) is -13.7. The van der Waals surface area contributed by atoms with Crippen LogP contribution in [0.2, 0.25) is 0 Å². The Hall–Kier alpha value is -2.96. The summed E-state index contributed by atoms with van der Waals surface area (Å²) >= 11 is 3.10. The molecule has 0 bridgehead atoms. The molecule has 41 heteroatoms. The number of alkyl halides is 7. The van der Waals surface area contributed by atoms with Gasteiger partial charge in [-0.05, 0) is 67.9 Å². The van der Waals surface area contributed by atoms with Crippen LogP contribution in [0, 0.1) is 11.6 Å². The molecule has 8 rings (SSSR count).